The summed E-state index contributed by atoms with van der Waals surface area (Å²) < 4.78 is 5.80. The Balaban J connectivity index is 1.71. The quantitative estimate of drug-likeness (QED) is 0.476. The lowest BCUT2D eigenvalue weighted by atomic mass is 10.1. The number of halogens is 1. The Labute approximate surface area is 187 Å². The lowest BCUT2D eigenvalue weighted by molar-refractivity contribution is 0.0940. The van der Waals surface area contributed by atoms with Gasteiger partial charge in [-0.3, -0.25) is 9.59 Å². The van der Waals surface area contributed by atoms with E-state index in [1.807, 2.05) is 32.0 Å². The molecule has 0 radical (unpaired) electrons. The molecule has 2 N–H and O–H groups in total. The van der Waals surface area contributed by atoms with E-state index in [4.69, 9.17) is 16.3 Å². The van der Waals surface area contributed by atoms with Gasteiger partial charge in [-0.25, -0.2) is 0 Å². The molecule has 5 nitrogen and oxygen atoms in total. The third kappa shape index (κ3) is 6.09. The second-order valence-corrected chi connectivity index (χ2v) is 7.60. The molecule has 160 valence electrons. The number of rotatable bonds is 8. The fourth-order valence-electron chi connectivity index (χ4n) is 2.89. The van der Waals surface area contributed by atoms with Gasteiger partial charge in [-0.2, -0.15) is 0 Å². The topological polar surface area (TPSA) is 67.4 Å². The first-order chi connectivity index (χ1) is 15.0. The number of carbonyl (C=O) groups excluding carboxylic acids is 2. The summed E-state index contributed by atoms with van der Waals surface area (Å²) in [6, 6.07) is 21.3. The van der Waals surface area contributed by atoms with Crippen LogP contribution < -0.4 is 15.4 Å². The Morgan fingerprint density at radius 1 is 0.968 bits per heavy atom. The van der Waals surface area contributed by atoms with Crippen LogP contribution in [0, 0.1) is 0 Å². The monoisotopic (exact) mass is 436 g/mol. The molecule has 31 heavy (non-hydrogen) atoms. The first-order valence-electron chi connectivity index (χ1n) is 10.2. The molecule has 6 heteroatoms. The number of anilines is 1. The summed E-state index contributed by atoms with van der Waals surface area (Å²) in [5, 5.41) is 6.39. The molecule has 0 heterocycles. The molecule has 0 bridgehead atoms. The van der Waals surface area contributed by atoms with E-state index in [9.17, 15) is 9.59 Å². The minimum atomic E-state index is -0.327. The average Bonchev–Trinajstić information content (AvgIpc) is 2.79. The smallest absolute Gasteiger partial charge is 0.255 e. The number of carbonyl (C=O) groups is 2. The number of hydrogen-bond donors (Lipinski definition) is 2. The molecule has 0 aliphatic rings. The molecular weight excluding hydrogens is 412 g/mol. The Morgan fingerprint density at radius 3 is 2.48 bits per heavy atom. The molecule has 0 aromatic heterocycles. The van der Waals surface area contributed by atoms with Gasteiger partial charge in [-0.05, 0) is 49.7 Å². The van der Waals surface area contributed by atoms with Crippen LogP contribution in [0.1, 0.15) is 46.5 Å². The lowest BCUT2D eigenvalue weighted by Crippen LogP contribution is -2.32. The van der Waals surface area contributed by atoms with Crippen molar-refractivity contribution in [3.05, 3.63) is 94.5 Å². The van der Waals surface area contributed by atoms with Gasteiger partial charge in [0.25, 0.3) is 11.8 Å². The maximum Gasteiger partial charge on any atom is 0.255 e. The van der Waals surface area contributed by atoms with Crippen LogP contribution in [0.2, 0.25) is 5.02 Å². The maximum atomic E-state index is 12.8. The Hall–Kier alpha value is -3.31. The normalized spacial score (nSPS) is 11.5. The minimum Gasteiger partial charge on any atom is -0.489 e. The third-order valence-electron chi connectivity index (χ3n) is 4.86. The molecule has 0 saturated heterocycles. The van der Waals surface area contributed by atoms with Gasteiger partial charge in [-0.15, -0.1) is 0 Å². The minimum absolute atomic E-state index is 0.0446. The zero-order valence-electron chi connectivity index (χ0n) is 17.5. The summed E-state index contributed by atoms with van der Waals surface area (Å²) in [5.41, 5.74) is 2.16. The number of amides is 2. The van der Waals surface area contributed by atoms with Crippen LogP contribution in [0.3, 0.4) is 0 Å². The Morgan fingerprint density at radius 2 is 1.71 bits per heavy atom. The molecule has 0 saturated carbocycles. The van der Waals surface area contributed by atoms with Gasteiger partial charge < -0.3 is 15.4 Å². The maximum absolute atomic E-state index is 12.8. The van der Waals surface area contributed by atoms with E-state index < -0.39 is 0 Å². The summed E-state index contributed by atoms with van der Waals surface area (Å²) in [5.74, 6) is 0.00410. The van der Waals surface area contributed by atoms with Gasteiger partial charge in [0, 0.05) is 22.2 Å². The van der Waals surface area contributed by atoms with E-state index in [0.29, 0.717) is 34.2 Å². The van der Waals surface area contributed by atoms with Crippen LogP contribution in [-0.4, -0.2) is 17.9 Å². The third-order valence-corrected chi connectivity index (χ3v) is 5.23. The SMILES string of the molecule is CCC(C)NC(=O)c1ccccc1NC(=O)c1cccc(OCc2ccccc2Cl)c1. The summed E-state index contributed by atoms with van der Waals surface area (Å²) in [6.07, 6.45) is 0.821. The van der Waals surface area contributed by atoms with Crippen molar-refractivity contribution >= 4 is 29.1 Å². The van der Waals surface area contributed by atoms with Crippen molar-refractivity contribution in [3.8, 4) is 5.75 Å². The summed E-state index contributed by atoms with van der Waals surface area (Å²) in [4.78, 5) is 25.4. The van der Waals surface area contributed by atoms with Crippen LogP contribution in [0.5, 0.6) is 5.75 Å². The molecule has 0 aliphatic heterocycles. The highest BCUT2D eigenvalue weighted by atomic mass is 35.5. The fourth-order valence-corrected chi connectivity index (χ4v) is 3.08. The highest BCUT2D eigenvalue weighted by Gasteiger charge is 2.15. The van der Waals surface area contributed by atoms with Gasteiger partial charge >= 0.3 is 0 Å². The van der Waals surface area contributed by atoms with E-state index in [2.05, 4.69) is 10.6 Å². The lowest BCUT2D eigenvalue weighted by Gasteiger charge is -2.15. The van der Waals surface area contributed by atoms with Gasteiger partial charge in [-0.1, -0.05) is 54.9 Å². The molecule has 2 amide bonds. The van der Waals surface area contributed by atoms with Crippen LogP contribution in [0.4, 0.5) is 5.69 Å². The fraction of sp³-hybridized carbons (Fsp3) is 0.200. The van der Waals surface area contributed by atoms with Crippen molar-refractivity contribution in [2.24, 2.45) is 0 Å². The molecule has 3 aromatic rings. The molecule has 1 unspecified atom stereocenters. The van der Waals surface area contributed by atoms with E-state index in [1.165, 1.54) is 0 Å². The van der Waals surface area contributed by atoms with Gasteiger partial charge in [0.1, 0.15) is 12.4 Å². The number of ether oxygens (including phenoxy) is 1. The number of para-hydroxylation sites is 1. The molecule has 0 spiro atoms. The predicted molar refractivity (Wildman–Crippen MR) is 124 cm³/mol. The van der Waals surface area contributed by atoms with Crippen molar-refractivity contribution in [1.29, 1.82) is 0 Å². The first-order valence-corrected chi connectivity index (χ1v) is 10.5. The zero-order chi connectivity index (χ0) is 22.2. The molecule has 1 atom stereocenters. The molecule has 3 rings (SSSR count). The number of benzene rings is 3. The van der Waals surface area contributed by atoms with E-state index >= 15 is 0 Å². The average molecular weight is 437 g/mol. The van der Waals surface area contributed by atoms with Crippen molar-refractivity contribution in [3.63, 3.8) is 0 Å². The molecule has 0 fully saturated rings. The standard InChI is InChI=1S/C25H25ClN2O3/c1-3-17(2)27-25(30)21-12-5-7-14-23(21)28-24(29)18-10-8-11-20(15-18)31-16-19-9-4-6-13-22(19)26/h4-15,17H,3,16H2,1-2H3,(H,27,30)(H,28,29). The van der Waals surface area contributed by atoms with Gasteiger partial charge in [0.2, 0.25) is 0 Å². The van der Waals surface area contributed by atoms with Gasteiger partial charge in [0.05, 0.1) is 11.3 Å². The van der Waals surface area contributed by atoms with Crippen LogP contribution in [0.25, 0.3) is 0 Å². The predicted octanol–water partition coefficient (Wildman–Crippen LogP) is 5.70. The largest absolute Gasteiger partial charge is 0.489 e. The Bertz CT molecular complexity index is 1070. The molecular formula is C25H25ClN2O3. The second-order valence-electron chi connectivity index (χ2n) is 7.19. The van der Waals surface area contributed by atoms with E-state index in [-0.39, 0.29) is 17.9 Å². The summed E-state index contributed by atoms with van der Waals surface area (Å²) in [7, 11) is 0. The van der Waals surface area contributed by atoms with Crippen molar-refractivity contribution in [2.45, 2.75) is 32.9 Å². The molecule has 3 aromatic carbocycles. The number of nitrogens with one attached hydrogen (secondary N) is 2. The van der Waals surface area contributed by atoms with E-state index in [0.717, 1.165) is 12.0 Å². The highest BCUT2D eigenvalue weighted by Crippen LogP contribution is 2.21. The van der Waals surface area contributed by atoms with Crippen LogP contribution in [0.15, 0.2) is 72.8 Å². The highest BCUT2D eigenvalue weighted by molar-refractivity contribution is 6.31. The van der Waals surface area contributed by atoms with Crippen LogP contribution in [-0.2, 0) is 6.61 Å². The first kappa shape index (κ1) is 22.4. The van der Waals surface area contributed by atoms with Gasteiger partial charge in [0.15, 0.2) is 0 Å². The van der Waals surface area contributed by atoms with Crippen LogP contribution >= 0.6 is 11.6 Å². The van der Waals surface area contributed by atoms with E-state index in [1.54, 1.807) is 54.6 Å². The zero-order valence-corrected chi connectivity index (χ0v) is 18.3. The second kappa shape index (κ2) is 10.6. The van der Waals surface area contributed by atoms with Crippen molar-refractivity contribution in [2.75, 3.05) is 5.32 Å². The number of hydrogen-bond acceptors (Lipinski definition) is 3. The Kier molecular flexibility index (Phi) is 7.68. The van der Waals surface area contributed by atoms with Crippen molar-refractivity contribution in [1.82, 2.24) is 5.32 Å². The summed E-state index contributed by atoms with van der Waals surface area (Å²) in [6.45, 7) is 4.23. The molecule has 0 aliphatic carbocycles. The summed E-state index contributed by atoms with van der Waals surface area (Å²) >= 11 is 6.17. The van der Waals surface area contributed by atoms with Crippen molar-refractivity contribution < 1.29 is 14.3 Å².